The molecular formula is C15H15N3O. The van der Waals surface area contributed by atoms with E-state index in [2.05, 4.69) is 41.7 Å². The molecule has 19 heavy (non-hydrogen) atoms. The lowest BCUT2D eigenvalue weighted by Gasteiger charge is -2.02. The summed E-state index contributed by atoms with van der Waals surface area (Å²) >= 11 is 0. The highest BCUT2D eigenvalue weighted by molar-refractivity contribution is 5.82. The van der Waals surface area contributed by atoms with Crippen LogP contribution in [0.4, 0.5) is 4.79 Å². The van der Waals surface area contributed by atoms with E-state index >= 15 is 0 Å². The predicted molar refractivity (Wildman–Crippen MR) is 76.9 cm³/mol. The van der Waals surface area contributed by atoms with Crippen LogP contribution in [0.1, 0.15) is 11.1 Å². The van der Waals surface area contributed by atoms with Crippen molar-refractivity contribution in [2.75, 3.05) is 0 Å². The molecule has 4 nitrogen and oxygen atoms in total. The summed E-state index contributed by atoms with van der Waals surface area (Å²) in [7, 11) is 0. The van der Waals surface area contributed by atoms with Crippen molar-refractivity contribution in [3.63, 3.8) is 0 Å². The third-order valence-corrected chi connectivity index (χ3v) is 2.68. The van der Waals surface area contributed by atoms with Gasteiger partial charge in [-0.15, -0.1) is 0 Å². The largest absolute Gasteiger partial charge is 0.350 e. The molecule has 0 saturated heterocycles. The number of primary amides is 1. The lowest BCUT2D eigenvalue weighted by Crippen LogP contribution is -2.24. The van der Waals surface area contributed by atoms with Crippen molar-refractivity contribution in [1.82, 2.24) is 5.43 Å². The number of nitrogens with zero attached hydrogens (tertiary/aromatic N) is 1. The number of amides is 2. The summed E-state index contributed by atoms with van der Waals surface area (Å²) in [5, 5.41) is 3.71. The van der Waals surface area contributed by atoms with Crippen LogP contribution in [0.15, 0.2) is 53.6 Å². The highest BCUT2D eigenvalue weighted by Crippen LogP contribution is 2.19. The number of nitrogens with two attached hydrogens (primary N) is 1. The Morgan fingerprint density at radius 2 is 1.58 bits per heavy atom. The van der Waals surface area contributed by atoms with Gasteiger partial charge < -0.3 is 5.73 Å². The summed E-state index contributed by atoms with van der Waals surface area (Å²) in [4.78, 5) is 10.5. The lowest BCUT2D eigenvalue weighted by molar-refractivity contribution is 0.249. The van der Waals surface area contributed by atoms with Crippen LogP contribution in [0.5, 0.6) is 0 Å². The molecule has 4 heteroatoms. The Morgan fingerprint density at radius 1 is 1.05 bits per heavy atom. The fourth-order valence-corrected chi connectivity index (χ4v) is 1.68. The van der Waals surface area contributed by atoms with Crippen molar-refractivity contribution in [2.24, 2.45) is 10.8 Å². The summed E-state index contributed by atoms with van der Waals surface area (Å²) in [6.45, 7) is 2.06. The molecule has 0 fully saturated rings. The molecular weight excluding hydrogens is 238 g/mol. The second kappa shape index (κ2) is 5.82. The van der Waals surface area contributed by atoms with Crippen LogP contribution in [-0.4, -0.2) is 12.2 Å². The summed E-state index contributed by atoms with van der Waals surface area (Å²) in [6, 6.07) is 15.6. The molecule has 0 radical (unpaired) electrons. The van der Waals surface area contributed by atoms with Crippen molar-refractivity contribution in [3.05, 3.63) is 59.7 Å². The lowest BCUT2D eigenvalue weighted by atomic mass is 10.0. The van der Waals surface area contributed by atoms with Gasteiger partial charge in [0.25, 0.3) is 0 Å². The molecule has 3 N–H and O–H groups in total. The van der Waals surface area contributed by atoms with Crippen molar-refractivity contribution < 1.29 is 4.79 Å². The van der Waals surface area contributed by atoms with Gasteiger partial charge in [-0.25, -0.2) is 10.2 Å². The Labute approximate surface area is 112 Å². The molecule has 2 amide bonds. The molecule has 0 saturated carbocycles. The van der Waals surface area contributed by atoms with E-state index in [1.807, 2.05) is 24.3 Å². The van der Waals surface area contributed by atoms with Gasteiger partial charge in [-0.1, -0.05) is 54.1 Å². The molecule has 0 bridgehead atoms. The molecule has 0 aliphatic heterocycles. The third kappa shape index (κ3) is 3.67. The minimum atomic E-state index is -0.674. The average Bonchev–Trinajstić information content (AvgIpc) is 2.40. The first kappa shape index (κ1) is 12.8. The van der Waals surface area contributed by atoms with Gasteiger partial charge in [-0.3, -0.25) is 0 Å². The van der Waals surface area contributed by atoms with E-state index in [-0.39, 0.29) is 0 Å². The molecule has 0 unspecified atom stereocenters. The summed E-state index contributed by atoms with van der Waals surface area (Å²) in [6.07, 6.45) is 1.55. The molecule has 0 aliphatic carbocycles. The minimum absolute atomic E-state index is 0.674. The maximum absolute atomic E-state index is 10.5. The van der Waals surface area contributed by atoms with Gasteiger partial charge in [0, 0.05) is 0 Å². The van der Waals surface area contributed by atoms with E-state index in [1.54, 1.807) is 6.21 Å². The third-order valence-electron chi connectivity index (χ3n) is 2.68. The van der Waals surface area contributed by atoms with E-state index in [9.17, 15) is 4.79 Å². The molecule has 0 aromatic heterocycles. The molecule has 0 spiro atoms. The van der Waals surface area contributed by atoms with Crippen molar-refractivity contribution in [2.45, 2.75) is 6.92 Å². The summed E-state index contributed by atoms with van der Waals surface area (Å²) in [5.74, 6) is 0. The van der Waals surface area contributed by atoms with Gasteiger partial charge in [0.15, 0.2) is 0 Å². The zero-order chi connectivity index (χ0) is 13.7. The fraction of sp³-hybridized carbons (Fsp3) is 0.0667. The number of rotatable bonds is 3. The van der Waals surface area contributed by atoms with E-state index in [0.717, 1.165) is 11.1 Å². The normalized spacial score (nSPS) is 10.6. The van der Waals surface area contributed by atoms with Crippen molar-refractivity contribution in [1.29, 1.82) is 0 Å². The topological polar surface area (TPSA) is 67.5 Å². The van der Waals surface area contributed by atoms with Crippen LogP contribution < -0.4 is 11.2 Å². The van der Waals surface area contributed by atoms with Gasteiger partial charge in [0.2, 0.25) is 0 Å². The van der Waals surface area contributed by atoms with E-state index in [1.165, 1.54) is 11.1 Å². The molecule has 2 rings (SSSR count). The Morgan fingerprint density at radius 3 is 2.11 bits per heavy atom. The number of hydrazone groups is 1. The first-order chi connectivity index (χ1) is 9.15. The predicted octanol–water partition coefficient (Wildman–Crippen LogP) is 2.66. The standard InChI is InChI=1S/C15H15N3O/c1-11-2-6-13(7-3-11)14-8-4-12(5-9-14)10-17-18-15(16)19/h2-10H,1H3,(H3,16,18,19). The molecule has 0 atom stereocenters. The number of benzene rings is 2. The summed E-state index contributed by atoms with van der Waals surface area (Å²) in [5.41, 5.74) is 11.5. The zero-order valence-corrected chi connectivity index (χ0v) is 10.6. The molecule has 96 valence electrons. The number of hydrogen-bond donors (Lipinski definition) is 2. The van der Waals surface area contributed by atoms with Gasteiger partial charge in [0.1, 0.15) is 0 Å². The monoisotopic (exact) mass is 253 g/mol. The number of hydrogen-bond acceptors (Lipinski definition) is 2. The Balaban J connectivity index is 2.12. The molecule has 2 aromatic rings. The molecule has 2 aromatic carbocycles. The van der Waals surface area contributed by atoms with Gasteiger partial charge in [0.05, 0.1) is 6.21 Å². The van der Waals surface area contributed by atoms with E-state index in [0.29, 0.717) is 0 Å². The molecule has 0 heterocycles. The Kier molecular flexibility index (Phi) is 3.93. The first-order valence-corrected chi connectivity index (χ1v) is 5.91. The summed E-state index contributed by atoms with van der Waals surface area (Å²) < 4.78 is 0. The number of carbonyl (C=O) groups excluding carboxylic acids is 1. The van der Waals surface area contributed by atoms with Gasteiger partial charge in [-0.05, 0) is 23.6 Å². The van der Waals surface area contributed by atoms with E-state index < -0.39 is 6.03 Å². The van der Waals surface area contributed by atoms with E-state index in [4.69, 9.17) is 5.73 Å². The maximum Gasteiger partial charge on any atom is 0.332 e. The van der Waals surface area contributed by atoms with Crippen molar-refractivity contribution >= 4 is 12.2 Å². The van der Waals surface area contributed by atoms with Crippen LogP contribution in [0, 0.1) is 6.92 Å². The first-order valence-electron chi connectivity index (χ1n) is 5.91. The number of urea groups is 1. The quantitative estimate of drug-likeness (QED) is 0.641. The van der Waals surface area contributed by atoms with Crippen molar-refractivity contribution in [3.8, 4) is 11.1 Å². The Bertz CT molecular complexity index is 586. The smallest absolute Gasteiger partial charge is 0.332 e. The number of carbonyl (C=O) groups is 1. The highest BCUT2D eigenvalue weighted by atomic mass is 16.2. The average molecular weight is 253 g/mol. The number of aryl methyl sites for hydroxylation is 1. The van der Waals surface area contributed by atoms with Crippen LogP contribution in [0.3, 0.4) is 0 Å². The van der Waals surface area contributed by atoms with Gasteiger partial charge in [-0.2, -0.15) is 5.10 Å². The van der Waals surface area contributed by atoms with Crippen LogP contribution in [0.2, 0.25) is 0 Å². The number of nitrogens with one attached hydrogen (secondary N) is 1. The fourth-order valence-electron chi connectivity index (χ4n) is 1.68. The van der Waals surface area contributed by atoms with Gasteiger partial charge >= 0.3 is 6.03 Å². The molecule has 0 aliphatic rings. The second-order valence-electron chi connectivity index (χ2n) is 4.22. The zero-order valence-electron chi connectivity index (χ0n) is 10.6. The maximum atomic E-state index is 10.5. The second-order valence-corrected chi connectivity index (χ2v) is 4.22. The minimum Gasteiger partial charge on any atom is -0.350 e. The van der Waals surface area contributed by atoms with Crippen LogP contribution >= 0.6 is 0 Å². The highest BCUT2D eigenvalue weighted by Gasteiger charge is 1.97. The van der Waals surface area contributed by atoms with Crippen LogP contribution in [0.25, 0.3) is 11.1 Å². The SMILES string of the molecule is Cc1ccc(-c2ccc(C=NNC(N)=O)cc2)cc1. The Hall–Kier alpha value is -2.62. The van der Waals surface area contributed by atoms with Crippen LogP contribution in [-0.2, 0) is 0 Å².